The van der Waals surface area contributed by atoms with E-state index in [9.17, 15) is 29.4 Å². The van der Waals surface area contributed by atoms with E-state index in [4.69, 9.17) is 51.6 Å². The van der Waals surface area contributed by atoms with E-state index in [1.54, 1.807) is 0 Å². The molecule has 8 atom stereocenters. The lowest BCUT2D eigenvalue weighted by molar-refractivity contribution is -0.159. The highest BCUT2D eigenvalue weighted by atomic mass is 35.5. The maximum Gasteiger partial charge on any atom is 0.313 e. The van der Waals surface area contributed by atoms with E-state index in [0.717, 1.165) is 123 Å². The van der Waals surface area contributed by atoms with Gasteiger partial charge < -0.3 is 48.4 Å². The van der Waals surface area contributed by atoms with Crippen LogP contribution in [-0.2, 0) is 61.8 Å². The highest BCUT2D eigenvalue weighted by Gasteiger charge is 2.46. The number of rotatable bonds is 14. The molecule has 14 nitrogen and oxygen atoms in total. The van der Waals surface area contributed by atoms with Crippen LogP contribution >= 0.6 is 23.2 Å². The van der Waals surface area contributed by atoms with Crippen molar-refractivity contribution in [3.05, 3.63) is 116 Å². The SMILES string of the molecule is COC(=O)[C@@H](CC(=O)OC(C)(C)C)c1ccc2c(c1)N(C[C@@H]1CC[C@H]1CO)C[C@@]1(CCCc3cc(Cl)ccc31)CO2.COC(=O)[C@H](CC(=O)OC(C)(C)C)c1ccc2c(c1)N(C[C@@H]1CC[C@H]1CO)C[C@@]1(CCCc3cc(Cl)ccc31)CO2. The first kappa shape index (κ1) is 61.0. The van der Waals surface area contributed by atoms with Gasteiger partial charge in [0.05, 0.1) is 63.5 Å². The number of hydrogen-bond donors (Lipinski definition) is 2. The highest BCUT2D eigenvalue weighted by Crippen LogP contribution is 2.49. The number of carbonyl (C=O) groups excluding carboxylic acids is 4. The molecule has 0 unspecified atom stereocenters. The summed E-state index contributed by atoms with van der Waals surface area (Å²) in [7, 11) is 2.68. The third-order valence-corrected chi connectivity index (χ3v) is 18.5. The third kappa shape index (κ3) is 13.8. The quantitative estimate of drug-likeness (QED) is 0.0903. The Kier molecular flexibility index (Phi) is 18.9. The number of fused-ring (bicyclic) bond motifs is 6. The largest absolute Gasteiger partial charge is 0.490 e. The van der Waals surface area contributed by atoms with Gasteiger partial charge >= 0.3 is 23.9 Å². The Morgan fingerprint density at radius 1 is 0.585 bits per heavy atom. The molecule has 0 amide bonds. The van der Waals surface area contributed by atoms with Gasteiger partial charge in [-0.25, -0.2) is 0 Å². The zero-order valence-electron chi connectivity index (χ0n) is 49.2. The van der Waals surface area contributed by atoms with Crippen LogP contribution in [0.3, 0.4) is 0 Å². The van der Waals surface area contributed by atoms with Crippen LogP contribution in [0.1, 0.15) is 151 Å². The number of aryl methyl sites for hydroxylation is 2. The van der Waals surface area contributed by atoms with Crippen molar-refractivity contribution < 1.29 is 57.8 Å². The summed E-state index contributed by atoms with van der Waals surface area (Å²) in [5.41, 5.74) is 6.58. The van der Waals surface area contributed by atoms with Crippen molar-refractivity contribution in [2.24, 2.45) is 23.7 Å². The van der Waals surface area contributed by atoms with Gasteiger partial charge in [-0.2, -0.15) is 0 Å². The zero-order chi connectivity index (χ0) is 58.7. The first-order valence-electron chi connectivity index (χ1n) is 29.5. The van der Waals surface area contributed by atoms with Crippen LogP contribution in [0, 0.1) is 23.7 Å². The number of carbonyl (C=O) groups is 4. The van der Waals surface area contributed by atoms with Crippen molar-refractivity contribution in [1.82, 2.24) is 0 Å². The number of hydrogen-bond acceptors (Lipinski definition) is 14. The van der Waals surface area contributed by atoms with E-state index in [1.807, 2.05) is 90.1 Å². The minimum absolute atomic E-state index is 0.114. The first-order valence-corrected chi connectivity index (χ1v) is 30.2. The van der Waals surface area contributed by atoms with Crippen molar-refractivity contribution >= 4 is 58.5 Å². The Balaban J connectivity index is 0.000000198. The van der Waals surface area contributed by atoms with Crippen LogP contribution in [0.4, 0.5) is 11.4 Å². The van der Waals surface area contributed by atoms with Crippen LogP contribution in [0.5, 0.6) is 11.5 Å². The van der Waals surface area contributed by atoms with Gasteiger partial charge in [0.25, 0.3) is 0 Å². The average Bonchev–Trinajstić information content (AvgIpc) is 3.78. The minimum atomic E-state index is -0.800. The lowest BCUT2D eigenvalue weighted by Gasteiger charge is -2.44. The standard InChI is InChI=1S/2C33H42ClNO6/c2*1-32(2,3)41-30(37)16-26(31(38)39-4)21-9-12-29-28(15-21)35(17-23-7-8-24(23)18-36)19-33(20-40-29)13-5-6-22-14-25(34)10-11-27(22)33/h2*9-12,14-15,23-24,26,36H,5-8,13,16-20H2,1-4H3/t23-,24-,26+,33-;23-,24-,26-,33-/m00/s1. The first-order chi connectivity index (χ1) is 39.0. The maximum atomic E-state index is 12.9. The molecular formula is C66H84Cl2N2O12. The molecule has 4 aliphatic carbocycles. The van der Waals surface area contributed by atoms with Gasteiger partial charge in [-0.1, -0.05) is 47.5 Å². The van der Waals surface area contributed by atoms with Gasteiger partial charge in [0, 0.05) is 60.3 Å². The van der Waals surface area contributed by atoms with Gasteiger partial charge in [0.1, 0.15) is 22.7 Å². The second-order valence-corrected chi connectivity index (χ2v) is 26.8. The predicted octanol–water partition coefficient (Wildman–Crippen LogP) is 11.6. The van der Waals surface area contributed by atoms with Crippen molar-refractivity contribution in [1.29, 1.82) is 0 Å². The van der Waals surface area contributed by atoms with Gasteiger partial charge in [-0.05, 0) is 211 Å². The van der Waals surface area contributed by atoms with E-state index in [0.29, 0.717) is 36.2 Å². The van der Waals surface area contributed by atoms with Crippen LogP contribution in [-0.4, -0.2) is 112 Å². The molecule has 2 spiro atoms. The number of aliphatic hydroxyl groups excluding tert-OH is 2. The molecule has 4 aromatic rings. The lowest BCUT2D eigenvalue weighted by Crippen LogP contribution is -2.48. The normalized spacial score (nSPS) is 24.3. The van der Waals surface area contributed by atoms with Gasteiger partial charge in [0.2, 0.25) is 0 Å². The molecule has 10 rings (SSSR count). The Bertz CT molecular complexity index is 2770. The van der Waals surface area contributed by atoms with Gasteiger partial charge in [-0.3, -0.25) is 19.2 Å². The Morgan fingerprint density at radius 2 is 0.976 bits per heavy atom. The van der Waals surface area contributed by atoms with Crippen LogP contribution in [0.15, 0.2) is 72.8 Å². The summed E-state index contributed by atoms with van der Waals surface area (Å²) in [6.07, 6.45) is 10.1. The molecule has 0 saturated heterocycles. The molecule has 0 aromatic heterocycles. The second kappa shape index (κ2) is 25.4. The van der Waals surface area contributed by atoms with Gasteiger partial charge in [0.15, 0.2) is 0 Å². The van der Waals surface area contributed by atoms with Gasteiger partial charge in [-0.15, -0.1) is 0 Å². The minimum Gasteiger partial charge on any atom is -0.490 e. The average molecular weight is 1170 g/mol. The number of benzene rings is 4. The van der Waals surface area contributed by atoms with E-state index < -0.39 is 46.9 Å². The summed E-state index contributed by atoms with van der Waals surface area (Å²) in [5, 5.41) is 21.4. The monoisotopic (exact) mass is 1170 g/mol. The number of ether oxygens (including phenoxy) is 6. The number of anilines is 2. The smallest absolute Gasteiger partial charge is 0.313 e. The van der Waals surface area contributed by atoms with Crippen LogP contribution < -0.4 is 19.3 Å². The molecule has 4 aromatic carbocycles. The molecule has 444 valence electrons. The van der Waals surface area contributed by atoms with Crippen molar-refractivity contribution in [2.45, 2.75) is 152 Å². The van der Waals surface area contributed by atoms with Crippen LogP contribution in [0.25, 0.3) is 0 Å². The molecule has 82 heavy (non-hydrogen) atoms. The topological polar surface area (TPSA) is 171 Å². The molecule has 6 aliphatic rings. The Labute approximate surface area is 494 Å². The summed E-state index contributed by atoms with van der Waals surface area (Å²) < 4.78 is 34.5. The summed E-state index contributed by atoms with van der Waals surface area (Å²) in [5.74, 6) is -0.632. The maximum absolute atomic E-state index is 12.9. The summed E-state index contributed by atoms with van der Waals surface area (Å²) >= 11 is 12.8. The highest BCUT2D eigenvalue weighted by molar-refractivity contribution is 6.31. The molecule has 16 heteroatoms. The molecule has 2 aliphatic heterocycles. The fourth-order valence-corrected chi connectivity index (χ4v) is 13.9. The van der Waals surface area contributed by atoms with Crippen molar-refractivity contribution in [3.63, 3.8) is 0 Å². The third-order valence-electron chi connectivity index (χ3n) is 18.0. The number of esters is 4. The Hall–Kier alpha value is -5.54. The summed E-state index contributed by atoms with van der Waals surface area (Å²) in [4.78, 5) is 56.2. The zero-order valence-corrected chi connectivity index (χ0v) is 50.7. The van der Waals surface area contributed by atoms with E-state index in [-0.39, 0.29) is 48.7 Å². The van der Waals surface area contributed by atoms with E-state index in [1.165, 1.54) is 36.5 Å². The molecule has 2 N–H and O–H groups in total. The number of methoxy groups -OCH3 is 2. The van der Waals surface area contributed by atoms with Crippen molar-refractivity contribution in [3.8, 4) is 11.5 Å². The molecule has 0 bridgehead atoms. The number of halogens is 2. The van der Waals surface area contributed by atoms with Crippen molar-refractivity contribution in [2.75, 3.05) is 76.6 Å². The second-order valence-electron chi connectivity index (χ2n) is 26.0. The predicted molar refractivity (Wildman–Crippen MR) is 317 cm³/mol. The van der Waals surface area contributed by atoms with Crippen LogP contribution in [0.2, 0.25) is 10.0 Å². The Morgan fingerprint density at radius 3 is 1.32 bits per heavy atom. The number of aliphatic hydroxyl groups is 2. The van der Waals surface area contributed by atoms with E-state index >= 15 is 0 Å². The molecular weight excluding hydrogens is 1080 g/mol. The summed E-state index contributed by atoms with van der Waals surface area (Å²) in [6, 6.07) is 23.9. The number of nitrogens with zero attached hydrogens (tertiary/aromatic N) is 2. The molecule has 0 radical (unpaired) electrons. The molecule has 2 saturated carbocycles. The molecule has 2 fully saturated rings. The fraction of sp³-hybridized carbons (Fsp3) is 0.576. The molecule has 2 heterocycles. The lowest BCUT2D eigenvalue weighted by atomic mass is 9.69. The summed E-state index contributed by atoms with van der Waals surface area (Å²) in [6.45, 7) is 15.4. The van der Waals surface area contributed by atoms with E-state index in [2.05, 4.69) is 34.1 Å². The fourth-order valence-electron chi connectivity index (χ4n) is 13.6.